The lowest BCUT2D eigenvalue weighted by atomic mass is 10.2. The minimum atomic E-state index is -0.270. The fraction of sp³-hybridized carbons (Fsp3) is 0.0769. The molecule has 1 aromatic carbocycles. The third kappa shape index (κ3) is 2.81. The summed E-state index contributed by atoms with van der Waals surface area (Å²) < 4.78 is 0. The van der Waals surface area contributed by atoms with Crippen molar-refractivity contribution in [1.29, 1.82) is 0 Å². The normalized spacial score (nSPS) is 9.94. The molecule has 0 spiro atoms. The molecule has 1 heterocycles. The first-order valence-electron chi connectivity index (χ1n) is 5.17. The quantitative estimate of drug-likeness (QED) is 0.829. The lowest BCUT2D eigenvalue weighted by molar-refractivity contribution is 0.102. The maximum Gasteiger partial charge on any atom is 0.255 e. The van der Waals surface area contributed by atoms with Crippen LogP contribution in [0.2, 0.25) is 0 Å². The van der Waals surface area contributed by atoms with Crippen LogP contribution in [0.15, 0.2) is 42.7 Å². The van der Waals surface area contributed by atoms with E-state index in [4.69, 9.17) is 0 Å². The summed E-state index contributed by atoms with van der Waals surface area (Å²) in [5.74, 6) is -0.201. The smallest absolute Gasteiger partial charge is 0.255 e. The zero-order valence-electron chi connectivity index (χ0n) is 9.34. The summed E-state index contributed by atoms with van der Waals surface area (Å²) in [5, 5.41) is 12.0. The number of nitrogens with one attached hydrogen (secondary N) is 1. The molecule has 0 unspecified atom stereocenters. The van der Waals surface area contributed by atoms with Crippen molar-refractivity contribution >= 4 is 11.6 Å². The Kier molecular flexibility index (Phi) is 3.05. The number of aromatic nitrogens is 1. The summed E-state index contributed by atoms with van der Waals surface area (Å²) in [6, 6.07) is 8.02. The Hall–Kier alpha value is -2.36. The van der Waals surface area contributed by atoms with Gasteiger partial charge in [-0.1, -0.05) is 6.07 Å². The monoisotopic (exact) mass is 228 g/mol. The van der Waals surface area contributed by atoms with Crippen LogP contribution in [0.1, 0.15) is 15.9 Å². The SMILES string of the molecule is Cc1cncc(NC(=O)c2cccc(O)c2)c1. The minimum Gasteiger partial charge on any atom is -0.508 e. The van der Waals surface area contributed by atoms with Gasteiger partial charge in [0.25, 0.3) is 5.91 Å². The summed E-state index contributed by atoms with van der Waals surface area (Å²) in [6.07, 6.45) is 3.29. The lowest BCUT2D eigenvalue weighted by Gasteiger charge is -2.05. The summed E-state index contributed by atoms with van der Waals surface area (Å²) in [7, 11) is 0. The third-order valence-electron chi connectivity index (χ3n) is 2.24. The minimum absolute atomic E-state index is 0.0695. The summed E-state index contributed by atoms with van der Waals surface area (Å²) >= 11 is 0. The predicted molar refractivity (Wildman–Crippen MR) is 65.0 cm³/mol. The number of carbonyl (C=O) groups excluding carboxylic acids is 1. The van der Waals surface area contributed by atoms with E-state index in [9.17, 15) is 9.90 Å². The number of amides is 1. The molecule has 0 saturated carbocycles. The van der Waals surface area contributed by atoms with Crippen molar-refractivity contribution in [2.24, 2.45) is 0 Å². The molecule has 17 heavy (non-hydrogen) atoms. The highest BCUT2D eigenvalue weighted by molar-refractivity contribution is 6.04. The zero-order valence-corrected chi connectivity index (χ0v) is 9.34. The van der Waals surface area contributed by atoms with E-state index in [0.29, 0.717) is 11.3 Å². The second-order valence-electron chi connectivity index (χ2n) is 3.76. The van der Waals surface area contributed by atoms with Gasteiger partial charge in [0.15, 0.2) is 0 Å². The first kappa shape index (κ1) is 11.1. The van der Waals surface area contributed by atoms with Crippen LogP contribution in [0.5, 0.6) is 5.75 Å². The Morgan fingerprint density at radius 2 is 2.12 bits per heavy atom. The Morgan fingerprint density at radius 3 is 2.82 bits per heavy atom. The Balaban J connectivity index is 2.17. The van der Waals surface area contributed by atoms with Gasteiger partial charge in [0, 0.05) is 11.8 Å². The summed E-state index contributed by atoms with van der Waals surface area (Å²) in [5.41, 5.74) is 2.02. The first-order chi connectivity index (χ1) is 8.15. The van der Waals surface area contributed by atoms with Gasteiger partial charge in [-0.15, -0.1) is 0 Å². The number of hydrogen-bond donors (Lipinski definition) is 2. The van der Waals surface area contributed by atoms with Crippen LogP contribution in [-0.4, -0.2) is 16.0 Å². The predicted octanol–water partition coefficient (Wildman–Crippen LogP) is 2.35. The van der Waals surface area contributed by atoms with Crippen LogP contribution in [0.4, 0.5) is 5.69 Å². The number of phenols is 1. The number of pyridine rings is 1. The number of hydrogen-bond acceptors (Lipinski definition) is 3. The Morgan fingerprint density at radius 1 is 1.29 bits per heavy atom. The molecule has 0 atom stereocenters. The van der Waals surface area contributed by atoms with Crippen molar-refractivity contribution in [2.75, 3.05) is 5.32 Å². The maximum atomic E-state index is 11.8. The number of phenolic OH excluding ortho intramolecular Hbond substituents is 1. The highest BCUT2D eigenvalue weighted by Crippen LogP contribution is 2.13. The fourth-order valence-corrected chi connectivity index (χ4v) is 1.47. The van der Waals surface area contributed by atoms with Crippen LogP contribution in [0, 0.1) is 6.92 Å². The van der Waals surface area contributed by atoms with Gasteiger partial charge in [-0.05, 0) is 36.8 Å². The van der Waals surface area contributed by atoms with Crippen molar-refractivity contribution < 1.29 is 9.90 Å². The molecule has 0 saturated heterocycles. The average molecular weight is 228 g/mol. The average Bonchev–Trinajstić information content (AvgIpc) is 2.29. The lowest BCUT2D eigenvalue weighted by Crippen LogP contribution is -2.11. The number of benzene rings is 1. The molecule has 4 nitrogen and oxygen atoms in total. The number of aromatic hydroxyl groups is 1. The summed E-state index contributed by atoms with van der Waals surface area (Å²) in [6.45, 7) is 1.90. The largest absolute Gasteiger partial charge is 0.508 e. The van der Waals surface area contributed by atoms with Gasteiger partial charge in [-0.3, -0.25) is 9.78 Å². The molecule has 0 radical (unpaired) electrons. The van der Waals surface area contributed by atoms with Crippen LogP contribution >= 0.6 is 0 Å². The van der Waals surface area contributed by atoms with E-state index in [1.54, 1.807) is 24.5 Å². The van der Waals surface area contributed by atoms with Gasteiger partial charge >= 0.3 is 0 Å². The molecule has 2 rings (SSSR count). The van der Waals surface area contributed by atoms with Crippen molar-refractivity contribution in [3.8, 4) is 5.75 Å². The van der Waals surface area contributed by atoms with E-state index in [2.05, 4.69) is 10.3 Å². The van der Waals surface area contributed by atoms with Crippen LogP contribution in [0.25, 0.3) is 0 Å². The van der Waals surface area contributed by atoms with E-state index < -0.39 is 0 Å². The number of rotatable bonds is 2. The summed E-state index contributed by atoms with van der Waals surface area (Å²) in [4.78, 5) is 15.8. The molecule has 0 fully saturated rings. The van der Waals surface area contributed by atoms with Gasteiger partial charge in [-0.2, -0.15) is 0 Å². The molecule has 0 bridgehead atoms. The number of nitrogens with zero attached hydrogens (tertiary/aromatic N) is 1. The van der Waals surface area contributed by atoms with E-state index in [1.807, 2.05) is 13.0 Å². The van der Waals surface area contributed by atoms with Gasteiger partial charge < -0.3 is 10.4 Å². The van der Waals surface area contributed by atoms with Crippen molar-refractivity contribution in [1.82, 2.24) is 4.98 Å². The molecule has 1 amide bonds. The van der Waals surface area contributed by atoms with E-state index in [0.717, 1.165) is 5.56 Å². The highest BCUT2D eigenvalue weighted by Gasteiger charge is 2.06. The molecule has 2 N–H and O–H groups in total. The van der Waals surface area contributed by atoms with Gasteiger partial charge in [-0.25, -0.2) is 0 Å². The van der Waals surface area contributed by atoms with E-state index in [-0.39, 0.29) is 11.7 Å². The van der Waals surface area contributed by atoms with Gasteiger partial charge in [0.2, 0.25) is 0 Å². The number of carbonyl (C=O) groups is 1. The van der Waals surface area contributed by atoms with Crippen LogP contribution in [0.3, 0.4) is 0 Å². The van der Waals surface area contributed by atoms with E-state index in [1.165, 1.54) is 12.1 Å². The fourth-order valence-electron chi connectivity index (χ4n) is 1.47. The number of aryl methyl sites for hydroxylation is 1. The standard InChI is InChI=1S/C13H12N2O2/c1-9-5-11(8-14-7-9)15-13(17)10-3-2-4-12(16)6-10/h2-8,16H,1H3,(H,15,17). The second-order valence-corrected chi connectivity index (χ2v) is 3.76. The molecular formula is C13H12N2O2. The zero-order chi connectivity index (χ0) is 12.3. The molecule has 2 aromatic rings. The van der Waals surface area contributed by atoms with Gasteiger partial charge in [0.1, 0.15) is 5.75 Å². The van der Waals surface area contributed by atoms with Crippen LogP contribution < -0.4 is 5.32 Å². The molecule has 0 aliphatic rings. The topological polar surface area (TPSA) is 62.2 Å². The van der Waals surface area contributed by atoms with Crippen molar-refractivity contribution in [3.05, 3.63) is 53.9 Å². The van der Waals surface area contributed by atoms with Gasteiger partial charge in [0.05, 0.1) is 11.9 Å². The Bertz CT molecular complexity index is 553. The Labute approximate surface area is 98.9 Å². The highest BCUT2D eigenvalue weighted by atomic mass is 16.3. The molecular weight excluding hydrogens is 216 g/mol. The second kappa shape index (κ2) is 4.65. The number of anilines is 1. The van der Waals surface area contributed by atoms with Crippen LogP contribution in [-0.2, 0) is 0 Å². The van der Waals surface area contributed by atoms with Crippen molar-refractivity contribution in [3.63, 3.8) is 0 Å². The molecule has 1 aromatic heterocycles. The van der Waals surface area contributed by atoms with Crippen molar-refractivity contribution in [2.45, 2.75) is 6.92 Å². The first-order valence-corrected chi connectivity index (χ1v) is 5.17. The molecule has 86 valence electrons. The molecule has 0 aliphatic carbocycles. The third-order valence-corrected chi connectivity index (χ3v) is 2.24. The maximum absolute atomic E-state index is 11.8. The molecule has 0 aliphatic heterocycles. The van der Waals surface area contributed by atoms with E-state index >= 15 is 0 Å². The molecule has 4 heteroatoms.